The highest BCUT2D eigenvalue weighted by atomic mass is 32.2. The lowest BCUT2D eigenvalue weighted by atomic mass is 10.1. The van der Waals surface area contributed by atoms with Gasteiger partial charge in [0.05, 0.1) is 22.8 Å². The van der Waals surface area contributed by atoms with Gasteiger partial charge in [0.1, 0.15) is 11.4 Å². The SMILES string of the molecule is CC1CC12C(=O)N(c1ccc(S(=O)(=O)C(F)(F)F)cc1)C(=O)N2c1ccnc(NC(=O)CN2CCN(C)CC2)c1. The Morgan fingerprint density at radius 2 is 1.70 bits per heavy atom. The van der Waals surface area contributed by atoms with E-state index < -0.39 is 37.7 Å². The first-order chi connectivity index (χ1) is 18.8. The minimum atomic E-state index is -5.59. The van der Waals surface area contributed by atoms with Crippen LogP contribution < -0.4 is 15.1 Å². The molecule has 1 saturated carbocycles. The van der Waals surface area contributed by atoms with E-state index in [1.807, 2.05) is 11.9 Å². The summed E-state index contributed by atoms with van der Waals surface area (Å²) >= 11 is 0. The zero-order chi connectivity index (χ0) is 29.0. The molecule has 1 aromatic carbocycles. The van der Waals surface area contributed by atoms with E-state index >= 15 is 0 Å². The third-order valence-electron chi connectivity index (χ3n) is 7.57. The number of carbonyl (C=O) groups excluding carboxylic acids is 3. The largest absolute Gasteiger partial charge is 0.501 e. The van der Waals surface area contributed by atoms with Gasteiger partial charge < -0.3 is 10.2 Å². The quantitative estimate of drug-likeness (QED) is 0.517. The molecule has 3 heterocycles. The molecule has 11 nitrogen and oxygen atoms in total. The first-order valence-electron chi connectivity index (χ1n) is 12.5. The first-order valence-corrected chi connectivity index (χ1v) is 14.0. The highest BCUT2D eigenvalue weighted by molar-refractivity contribution is 7.92. The zero-order valence-corrected chi connectivity index (χ0v) is 22.5. The van der Waals surface area contributed by atoms with Crippen molar-refractivity contribution in [3.8, 4) is 0 Å². The third-order valence-corrected chi connectivity index (χ3v) is 9.07. The molecule has 1 aromatic heterocycles. The molecule has 4 amide bonds. The molecule has 1 aliphatic carbocycles. The van der Waals surface area contributed by atoms with Crippen LogP contribution >= 0.6 is 0 Å². The average molecular weight is 581 g/mol. The number of hydrogen-bond acceptors (Lipinski definition) is 8. The second kappa shape index (κ2) is 9.82. The van der Waals surface area contributed by atoms with E-state index in [1.54, 1.807) is 6.92 Å². The molecule has 2 aliphatic heterocycles. The Morgan fingerprint density at radius 1 is 1.07 bits per heavy atom. The van der Waals surface area contributed by atoms with Gasteiger partial charge >= 0.3 is 11.5 Å². The summed E-state index contributed by atoms with van der Waals surface area (Å²) in [6.45, 7) is 5.17. The number of likely N-dealkylation sites (N-methyl/N-ethyl adjacent to an activating group) is 1. The van der Waals surface area contributed by atoms with Gasteiger partial charge in [-0.3, -0.25) is 19.4 Å². The van der Waals surface area contributed by atoms with Crippen LogP contribution in [0.5, 0.6) is 0 Å². The number of alkyl halides is 3. The number of imide groups is 1. The normalized spacial score (nSPS) is 24.2. The van der Waals surface area contributed by atoms with Crippen LogP contribution in [0.2, 0.25) is 0 Å². The second-order valence-corrected chi connectivity index (χ2v) is 12.2. The molecule has 0 radical (unpaired) electrons. The van der Waals surface area contributed by atoms with E-state index in [-0.39, 0.29) is 29.9 Å². The minimum Gasteiger partial charge on any atom is -0.310 e. The van der Waals surface area contributed by atoms with E-state index in [9.17, 15) is 36.0 Å². The van der Waals surface area contributed by atoms with Crippen LogP contribution in [-0.2, 0) is 19.4 Å². The number of pyridine rings is 1. The highest BCUT2D eigenvalue weighted by Crippen LogP contribution is 2.55. The summed E-state index contributed by atoms with van der Waals surface area (Å²) < 4.78 is 62.2. The second-order valence-electron chi connectivity index (χ2n) is 10.3. The van der Waals surface area contributed by atoms with E-state index in [0.29, 0.717) is 24.2 Å². The fourth-order valence-electron chi connectivity index (χ4n) is 5.16. The van der Waals surface area contributed by atoms with Crippen molar-refractivity contribution in [3.63, 3.8) is 0 Å². The lowest BCUT2D eigenvalue weighted by molar-refractivity contribution is -0.119. The van der Waals surface area contributed by atoms with Crippen LogP contribution in [0.4, 0.5) is 35.2 Å². The van der Waals surface area contributed by atoms with Crippen molar-refractivity contribution in [1.82, 2.24) is 14.8 Å². The average Bonchev–Trinajstić information content (AvgIpc) is 3.50. The molecule has 2 saturated heterocycles. The highest BCUT2D eigenvalue weighted by Gasteiger charge is 2.70. The topological polar surface area (TPSA) is 123 Å². The maximum atomic E-state index is 13.6. The molecule has 5 rings (SSSR count). The Kier molecular flexibility index (Phi) is 6.87. The smallest absolute Gasteiger partial charge is 0.310 e. The Morgan fingerprint density at radius 3 is 2.27 bits per heavy atom. The number of urea groups is 1. The number of nitrogens with one attached hydrogen (secondary N) is 1. The summed E-state index contributed by atoms with van der Waals surface area (Å²) in [5.74, 6) is -0.875. The van der Waals surface area contributed by atoms with E-state index in [0.717, 1.165) is 43.2 Å². The number of sulfone groups is 1. The maximum absolute atomic E-state index is 13.6. The fourth-order valence-corrected chi connectivity index (χ4v) is 5.92. The number of nitrogens with zero attached hydrogens (tertiary/aromatic N) is 5. The van der Waals surface area contributed by atoms with Gasteiger partial charge in [0.25, 0.3) is 15.7 Å². The summed E-state index contributed by atoms with van der Waals surface area (Å²) in [6.07, 6.45) is 1.75. The van der Waals surface area contributed by atoms with E-state index in [4.69, 9.17) is 0 Å². The molecule has 40 heavy (non-hydrogen) atoms. The summed E-state index contributed by atoms with van der Waals surface area (Å²) in [5.41, 5.74) is -6.45. The van der Waals surface area contributed by atoms with Crippen molar-refractivity contribution in [2.24, 2.45) is 5.92 Å². The summed E-state index contributed by atoms with van der Waals surface area (Å²) in [6, 6.07) is 5.68. The van der Waals surface area contributed by atoms with Crippen molar-refractivity contribution >= 4 is 44.9 Å². The molecule has 2 unspecified atom stereocenters. The molecule has 1 spiro atoms. The fraction of sp³-hybridized carbons (Fsp3) is 0.440. The molecule has 214 valence electrons. The van der Waals surface area contributed by atoms with E-state index in [1.165, 1.54) is 23.2 Å². The number of benzene rings is 1. The van der Waals surface area contributed by atoms with Crippen molar-refractivity contribution < 1.29 is 36.0 Å². The molecule has 2 atom stereocenters. The Labute approximate surface area is 228 Å². The zero-order valence-electron chi connectivity index (χ0n) is 21.7. The Bertz CT molecular complexity index is 1460. The van der Waals surface area contributed by atoms with Crippen molar-refractivity contribution in [1.29, 1.82) is 0 Å². The number of piperazine rings is 1. The van der Waals surface area contributed by atoms with Crippen LogP contribution in [0.3, 0.4) is 0 Å². The number of carbonyl (C=O) groups is 3. The Hall–Kier alpha value is -3.56. The number of hydrogen-bond donors (Lipinski definition) is 1. The van der Waals surface area contributed by atoms with E-state index in [2.05, 4.69) is 15.2 Å². The number of aromatic nitrogens is 1. The van der Waals surface area contributed by atoms with Crippen molar-refractivity contribution in [2.75, 3.05) is 54.9 Å². The van der Waals surface area contributed by atoms with Gasteiger partial charge in [-0.15, -0.1) is 0 Å². The monoisotopic (exact) mass is 580 g/mol. The minimum absolute atomic E-state index is 0.0631. The number of rotatable bonds is 6. The summed E-state index contributed by atoms with van der Waals surface area (Å²) in [4.78, 5) is 49.2. The maximum Gasteiger partial charge on any atom is 0.501 e. The van der Waals surface area contributed by atoms with Gasteiger partial charge in [-0.1, -0.05) is 6.92 Å². The molecule has 3 fully saturated rings. The molecule has 1 N–H and O–H groups in total. The number of halogens is 3. The van der Waals surface area contributed by atoms with Gasteiger partial charge in [0, 0.05) is 38.4 Å². The first kappa shape index (κ1) is 28.0. The molecular formula is C25H27F3N6O5S. The van der Waals surface area contributed by atoms with Crippen LogP contribution in [-0.4, -0.2) is 91.9 Å². The predicted molar refractivity (Wildman–Crippen MR) is 138 cm³/mol. The lowest BCUT2D eigenvalue weighted by Gasteiger charge is -2.31. The van der Waals surface area contributed by atoms with Crippen LogP contribution in [0.15, 0.2) is 47.5 Å². The number of anilines is 3. The van der Waals surface area contributed by atoms with Crippen LogP contribution in [0.25, 0.3) is 0 Å². The van der Waals surface area contributed by atoms with Gasteiger partial charge in [-0.25, -0.2) is 23.1 Å². The standard InChI is InChI=1S/C25H27F3N6O5S/c1-16-14-24(16)22(36)33(17-3-5-19(6-4-17)40(38,39)25(26,27)28)23(37)34(24)18-7-8-29-20(13-18)30-21(35)15-32-11-9-31(2)10-12-32/h3-8,13,16H,9-12,14-15H2,1-2H3,(H,29,30,35). The number of amides is 4. The molecular weight excluding hydrogens is 553 g/mol. The van der Waals surface area contributed by atoms with Crippen LogP contribution in [0.1, 0.15) is 13.3 Å². The van der Waals surface area contributed by atoms with Crippen LogP contribution in [0, 0.1) is 5.92 Å². The third kappa shape index (κ3) is 4.71. The molecule has 2 aromatic rings. The molecule has 15 heteroatoms. The summed E-state index contributed by atoms with van der Waals surface area (Å²) in [7, 11) is -3.58. The van der Waals surface area contributed by atoms with Gasteiger partial charge in [-0.05, 0) is 49.7 Å². The summed E-state index contributed by atoms with van der Waals surface area (Å²) in [5, 5.41) is 2.73. The molecule has 0 bridgehead atoms. The predicted octanol–water partition coefficient (Wildman–Crippen LogP) is 2.31. The van der Waals surface area contributed by atoms with Gasteiger partial charge in [0.2, 0.25) is 5.91 Å². The van der Waals surface area contributed by atoms with Gasteiger partial charge in [-0.2, -0.15) is 13.2 Å². The van der Waals surface area contributed by atoms with Gasteiger partial charge in [0.15, 0.2) is 0 Å². The van der Waals surface area contributed by atoms with Crippen molar-refractivity contribution in [3.05, 3.63) is 42.6 Å². The Balaban J connectivity index is 1.37. The van der Waals surface area contributed by atoms with Crippen molar-refractivity contribution in [2.45, 2.75) is 29.3 Å². The molecule has 3 aliphatic rings. The lowest BCUT2D eigenvalue weighted by Crippen LogP contribution is -2.47.